The van der Waals surface area contributed by atoms with E-state index in [1.807, 2.05) is 84.6 Å². The fourth-order valence-corrected chi connectivity index (χ4v) is 4.73. The minimum absolute atomic E-state index is 0.228. The van der Waals surface area contributed by atoms with Crippen LogP contribution in [0.15, 0.2) is 78.9 Å². The van der Waals surface area contributed by atoms with E-state index in [4.69, 9.17) is 17.0 Å². The molecule has 0 aliphatic carbocycles. The van der Waals surface area contributed by atoms with Crippen LogP contribution in [0.2, 0.25) is 0 Å². The Morgan fingerprint density at radius 3 is 2.33 bits per heavy atom. The normalized spacial score (nSPS) is 14.2. The summed E-state index contributed by atoms with van der Waals surface area (Å²) < 4.78 is 5.68. The summed E-state index contributed by atoms with van der Waals surface area (Å²) in [5.41, 5.74) is 5.49. The van der Waals surface area contributed by atoms with Gasteiger partial charge in [0.15, 0.2) is 5.11 Å². The van der Waals surface area contributed by atoms with Gasteiger partial charge in [0.25, 0.3) is 5.91 Å². The van der Waals surface area contributed by atoms with Crippen molar-refractivity contribution in [3.05, 3.63) is 90.0 Å². The molecule has 5 heteroatoms. The van der Waals surface area contributed by atoms with Crippen LogP contribution in [-0.2, 0) is 0 Å². The van der Waals surface area contributed by atoms with Crippen molar-refractivity contribution in [3.63, 3.8) is 0 Å². The molecule has 0 atom stereocenters. The Morgan fingerprint density at radius 2 is 1.67 bits per heavy atom. The van der Waals surface area contributed by atoms with Gasteiger partial charge >= 0.3 is 0 Å². The topological polar surface area (TPSA) is 41.6 Å². The molecule has 0 unspecified atom stereocenters. The maximum Gasteiger partial charge on any atom is 0.257 e. The first-order valence-electron chi connectivity index (χ1n) is 11.1. The van der Waals surface area contributed by atoms with Crippen LogP contribution >= 0.6 is 12.2 Å². The fourth-order valence-electron chi connectivity index (χ4n) is 4.31. The lowest BCUT2D eigenvalue weighted by Gasteiger charge is -2.43. The number of nitrogens with zero attached hydrogens (tertiary/aromatic N) is 1. The molecule has 3 aromatic carbocycles. The van der Waals surface area contributed by atoms with Crippen LogP contribution in [-0.4, -0.2) is 23.2 Å². The molecule has 0 spiro atoms. The molecule has 33 heavy (non-hydrogen) atoms. The van der Waals surface area contributed by atoms with E-state index < -0.39 is 5.54 Å². The predicted octanol–water partition coefficient (Wildman–Crippen LogP) is 6.47. The summed E-state index contributed by atoms with van der Waals surface area (Å²) in [5.74, 6) is 0.589. The Bertz CT molecular complexity index is 1210. The van der Waals surface area contributed by atoms with Crippen LogP contribution in [0.5, 0.6) is 5.75 Å². The maximum absolute atomic E-state index is 13.0. The van der Waals surface area contributed by atoms with E-state index in [0.29, 0.717) is 17.3 Å². The number of nitrogens with one attached hydrogen (secondary N) is 1. The van der Waals surface area contributed by atoms with Crippen molar-refractivity contribution in [1.82, 2.24) is 5.32 Å². The summed E-state index contributed by atoms with van der Waals surface area (Å²) in [6.07, 6.45) is 2.16. The van der Waals surface area contributed by atoms with E-state index in [2.05, 4.69) is 32.2 Å². The molecule has 1 aliphatic heterocycles. The van der Waals surface area contributed by atoms with Crippen molar-refractivity contribution in [2.24, 2.45) is 0 Å². The molecule has 1 heterocycles. The Kier molecular flexibility index (Phi) is 6.34. The van der Waals surface area contributed by atoms with Crippen LogP contribution < -0.4 is 15.0 Å². The van der Waals surface area contributed by atoms with Crippen molar-refractivity contribution < 1.29 is 9.53 Å². The summed E-state index contributed by atoms with van der Waals surface area (Å²) in [6, 6.07) is 23.6. The number of amides is 1. The highest BCUT2D eigenvalue weighted by Crippen LogP contribution is 2.40. The van der Waals surface area contributed by atoms with Gasteiger partial charge in [-0.2, -0.15) is 0 Å². The lowest BCUT2D eigenvalue weighted by molar-refractivity contribution is 0.0977. The van der Waals surface area contributed by atoms with Gasteiger partial charge in [0.05, 0.1) is 17.8 Å². The van der Waals surface area contributed by atoms with Gasteiger partial charge in [0, 0.05) is 11.1 Å². The molecule has 0 aromatic heterocycles. The second kappa shape index (κ2) is 9.20. The van der Waals surface area contributed by atoms with E-state index in [1.54, 1.807) is 0 Å². The van der Waals surface area contributed by atoms with E-state index in [0.717, 1.165) is 33.7 Å². The van der Waals surface area contributed by atoms with Gasteiger partial charge in [0.1, 0.15) is 5.75 Å². The number of allylic oxidation sites excluding steroid dienone is 1. The smallest absolute Gasteiger partial charge is 0.257 e. The molecule has 4 rings (SSSR count). The Morgan fingerprint density at radius 1 is 1.00 bits per heavy atom. The van der Waals surface area contributed by atoms with E-state index >= 15 is 0 Å². The first-order valence-corrected chi connectivity index (χ1v) is 11.5. The quantitative estimate of drug-likeness (QED) is 0.457. The van der Waals surface area contributed by atoms with Crippen molar-refractivity contribution in [3.8, 4) is 16.9 Å². The molecule has 0 saturated heterocycles. The molecule has 0 fully saturated rings. The summed E-state index contributed by atoms with van der Waals surface area (Å²) >= 11 is 5.73. The Hall–Kier alpha value is -3.44. The maximum atomic E-state index is 13.0. The highest BCUT2D eigenvalue weighted by Gasteiger charge is 2.34. The van der Waals surface area contributed by atoms with Crippen molar-refractivity contribution in [2.75, 3.05) is 11.5 Å². The van der Waals surface area contributed by atoms with E-state index in [1.165, 1.54) is 0 Å². The Balaban J connectivity index is 1.57. The minimum atomic E-state index is -0.397. The molecular weight excluding hydrogens is 428 g/mol. The first kappa shape index (κ1) is 22.7. The second-order valence-corrected chi connectivity index (χ2v) is 9.02. The zero-order valence-electron chi connectivity index (χ0n) is 19.4. The monoisotopic (exact) mass is 456 g/mol. The number of carbonyl (C=O) groups is 1. The average molecular weight is 457 g/mol. The number of anilines is 1. The molecule has 0 bridgehead atoms. The average Bonchev–Trinajstić information content (AvgIpc) is 2.80. The highest BCUT2D eigenvalue weighted by atomic mass is 32.1. The molecule has 0 saturated carbocycles. The number of hydrogen-bond acceptors (Lipinski definition) is 3. The van der Waals surface area contributed by atoms with Gasteiger partial charge in [-0.3, -0.25) is 10.1 Å². The molecule has 1 amide bonds. The third-order valence-electron chi connectivity index (χ3n) is 5.77. The van der Waals surface area contributed by atoms with Crippen LogP contribution in [0, 0.1) is 0 Å². The number of ether oxygens (including phenoxy) is 1. The molecule has 168 valence electrons. The molecule has 1 aliphatic rings. The number of hydrogen-bond donors (Lipinski definition) is 1. The van der Waals surface area contributed by atoms with Gasteiger partial charge < -0.3 is 9.64 Å². The molecular formula is C28H28N2O2S. The van der Waals surface area contributed by atoms with Gasteiger partial charge in [-0.15, -0.1) is 0 Å². The number of fused-ring (bicyclic) bond motifs is 1. The summed E-state index contributed by atoms with van der Waals surface area (Å²) in [6.45, 7) is 8.83. The second-order valence-electron chi connectivity index (χ2n) is 8.63. The third-order valence-corrected chi connectivity index (χ3v) is 6.05. The lowest BCUT2D eigenvalue weighted by Crippen LogP contribution is -2.54. The van der Waals surface area contributed by atoms with Crippen LogP contribution in [0.3, 0.4) is 0 Å². The SMILES string of the molecule is CCOc1ccc2c(c1)C(C)=CC(C)(C)N2C(=S)NC(=O)c1ccc(-c2ccccc2)cc1. The summed E-state index contributed by atoms with van der Waals surface area (Å²) in [4.78, 5) is 15.0. The zero-order chi connectivity index (χ0) is 23.6. The van der Waals surface area contributed by atoms with Gasteiger partial charge in [0.2, 0.25) is 0 Å². The predicted molar refractivity (Wildman–Crippen MR) is 140 cm³/mol. The lowest BCUT2D eigenvalue weighted by atomic mass is 9.89. The molecule has 4 nitrogen and oxygen atoms in total. The van der Waals surface area contributed by atoms with Crippen LogP contribution in [0.4, 0.5) is 5.69 Å². The fraction of sp³-hybridized carbons (Fsp3) is 0.214. The molecule has 0 radical (unpaired) electrons. The van der Waals surface area contributed by atoms with E-state index in [-0.39, 0.29) is 5.91 Å². The van der Waals surface area contributed by atoms with Gasteiger partial charge in [-0.05, 0) is 86.9 Å². The van der Waals surface area contributed by atoms with Gasteiger partial charge in [-0.25, -0.2) is 0 Å². The molecule has 1 N–H and O–H groups in total. The van der Waals surface area contributed by atoms with Gasteiger partial charge in [-0.1, -0.05) is 48.5 Å². The van der Waals surface area contributed by atoms with Crippen molar-refractivity contribution >= 4 is 34.5 Å². The Labute approximate surface area is 200 Å². The summed E-state index contributed by atoms with van der Waals surface area (Å²) in [7, 11) is 0. The third kappa shape index (κ3) is 4.69. The van der Waals surface area contributed by atoms with E-state index in [9.17, 15) is 4.79 Å². The molecule has 3 aromatic rings. The first-order chi connectivity index (χ1) is 15.8. The van der Waals surface area contributed by atoms with Crippen molar-refractivity contribution in [1.29, 1.82) is 0 Å². The minimum Gasteiger partial charge on any atom is -0.494 e. The highest BCUT2D eigenvalue weighted by molar-refractivity contribution is 7.80. The van der Waals surface area contributed by atoms with Crippen LogP contribution in [0.1, 0.15) is 43.6 Å². The number of thiocarbonyl (C=S) groups is 1. The standard InChI is InChI=1S/C28H28N2O2S/c1-5-32-23-15-16-25-24(17-23)19(2)18-28(3,4)30(25)27(33)29-26(31)22-13-11-21(12-14-22)20-9-7-6-8-10-20/h6-18H,5H2,1-4H3,(H,29,31,33). The zero-order valence-corrected chi connectivity index (χ0v) is 20.2. The number of rotatable bonds is 4. The van der Waals surface area contributed by atoms with Crippen molar-refractivity contribution in [2.45, 2.75) is 33.2 Å². The number of benzene rings is 3. The number of carbonyl (C=O) groups excluding carboxylic acids is 1. The largest absolute Gasteiger partial charge is 0.494 e. The van der Waals surface area contributed by atoms with Crippen LogP contribution in [0.25, 0.3) is 16.7 Å². The summed E-state index contributed by atoms with van der Waals surface area (Å²) in [5, 5.41) is 3.30.